The first kappa shape index (κ1) is 8.33. The molecule has 0 aliphatic rings. The van der Waals surface area contributed by atoms with Crippen molar-refractivity contribution in [3.63, 3.8) is 0 Å². The van der Waals surface area contributed by atoms with Crippen LogP contribution < -0.4 is 10.5 Å². The fraction of sp³-hybridized carbons (Fsp3) is 0.286. The second-order valence-corrected chi connectivity index (χ2v) is 2.99. The van der Waals surface area contributed by atoms with Gasteiger partial charge in [0.2, 0.25) is 0 Å². The monoisotopic (exact) mass is 216 g/mol. The Labute approximate surface area is 73.7 Å². The highest BCUT2D eigenvalue weighted by molar-refractivity contribution is 9.10. The third-order valence-electron chi connectivity index (χ3n) is 1.41. The highest BCUT2D eigenvalue weighted by Gasteiger charge is 2.06. The minimum absolute atomic E-state index is 0.597. The van der Waals surface area contributed by atoms with E-state index in [2.05, 4.69) is 20.9 Å². The molecule has 0 aromatic carbocycles. The Morgan fingerprint density at radius 1 is 1.64 bits per heavy atom. The molecule has 3 nitrogen and oxygen atoms in total. The zero-order chi connectivity index (χ0) is 8.43. The molecule has 0 fully saturated rings. The van der Waals surface area contributed by atoms with Crippen molar-refractivity contribution in [3.8, 4) is 5.75 Å². The number of hydrogen-bond donors (Lipinski definition) is 1. The molecule has 0 radical (unpaired) electrons. The minimum Gasteiger partial charge on any atom is -0.493 e. The molecule has 4 heteroatoms. The Kier molecular flexibility index (Phi) is 2.34. The molecule has 1 heterocycles. The van der Waals surface area contributed by atoms with Crippen LogP contribution in [0.2, 0.25) is 0 Å². The molecule has 1 aromatic rings. The van der Waals surface area contributed by atoms with Gasteiger partial charge in [0.1, 0.15) is 0 Å². The summed E-state index contributed by atoms with van der Waals surface area (Å²) in [7, 11) is 1.58. The van der Waals surface area contributed by atoms with E-state index >= 15 is 0 Å². The molecule has 0 atom stereocenters. The van der Waals surface area contributed by atoms with Gasteiger partial charge in [-0.3, -0.25) is 4.98 Å². The van der Waals surface area contributed by atoms with Crippen molar-refractivity contribution in [1.82, 2.24) is 4.98 Å². The predicted molar refractivity (Wildman–Crippen MR) is 47.6 cm³/mol. The quantitative estimate of drug-likeness (QED) is 0.779. The molecule has 0 aliphatic carbocycles. The molecule has 2 N–H and O–H groups in total. The number of aromatic nitrogens is 1. The largest absolute Gasteiger partial charge is 0.493 e. The Bertz CT molecular complexity index is 275. The molecule has 0 saturated heterocycles. The Morgan fingerprint density at radius 3 is 2.73 bits per heavy atom. The molecule has 0 amide bonds. The van der Waals surface area contributed by atoms with Crippen molar-refractivity contribution in [2.24, 2.45) is 0 Å². The maximum absolute atomic E-state index is 5.68. The van der Waals surface area contributed by atoms with Crippen LogP contribution in [0, 0.1) is 6.92 Å². The standard InChI is InChI=1S/C7H9BrN2O/c1-4-7(11-2)6(9)5(8)3-10-4/h3H,1-2H3,(H2,9,10). The number of rotatable bonds is 1. The molecule has 0 saturated carbocycles. The van der Waals surface area contributed by atoms with E-state index in [0.717, 1.165) is 10.2 Å². The number of nitrogens with two attached hydrogens (primary N) is 1. The molecule has 0 spiro atoms. The highest BCUT2D eigenvalue weighted by atomic mass is 79.9. The Morgan fingerprint density at radius 2 is 2.27 bits per heavy atom. The van der Waals surface area contributed by atoms with Gasteiger partial charge in [0.15, 0.2) is 5.75 Å². The van der Waals surface area contributed by atoms with Gasteiger partial charge in [-0.2, -0.15) is 0 Å². The summed E-state index contributed by atoms with van der Waals surface area (Å²) in [5.41, 5.74) is 7.08. The van der Waals surface area contributed by atoms with E-state index < -0.39 is 0 Å². The van der Waals surface area contributed by atoms with Crippen LogP contribution in [0.15, 0.2) is 10.7 Å². The van der Waals surface area contributed by atoms with Gasteiger partial charge < -0.3 is 10.5 Å². The van der Waals surface area contributed by atoms with Crippen molar-refractivity contribution < 1.29 is 4.74 Å². The number of nitrogens with zero attached hydrogens (tertiary/aromatic N) is 1. The lowest BCUT2D eigenvalue weighted by Gasteiger charge is -2.07. The maximum Gasteiger partial charge on any atom is 0.164 e. The summed E-state index contributed by atoms with van der Waals surface area (Å²) >= 11 is 3.25. The summed E-state index contributed by atoms with van der Waals surface area (Å²) in [4.78, 5) is 4.06. The molecule has 0 bridgehead atoms. The summed E-state index contributed by atoms with van der Waals surface area (Å²) in [6.45, 7) is 1.85. The minimum atomic E-state index is 0.597. The van der Waals surface area contributed by atoms with Crippen LogP contribution in [0.5, 0.6) is 5.75 Å². The van der Waals surface area contributed by atoms with Crippen molar-refractivity contribution in [2.45, 2.75) is 6.92 Å². The summed E-state index contributed by atoms with van der Waals surface area (Å²) in [6.07, 6.45) is 1.66. The number of halogens is 1. The second kappa shape index (κ2) is 3.09. The van der Waals surface area contributed by atoms with Crippen LogP contribution in [0.1, 0.15) is 5.69 Å². The second-order valence-electron chi connectivity index (χ2n) is 2.14. The topological polar surface area (TPSA) is 48.1 Å². The maximum atomic E-state index is 5.68. The molecule has 11 heavy (non-hydrogen) atoms. The van der Waals surface area contributed by atoms with E-state index in [0.29, 0.717) is 11.4 Å². The van der Waals surface area contributed by atoms with E-state index in [1.54, 1.807) is 13.3 Å². The number of hydrogen-bond acceptors (Lipinski definition) is 3. The summed E-state index contributed by atoms with van der Waals surface area (Å²) in [5.74, 6) is 0.638. The number of nitrogen functional groups attached to an aromatic ring is 1. The SMILES string of the molecule is COc1c(C)ncc(Br)c1N. The zero-order valence-electron chi connectivity index (χ0n) is 6.39. The summed E-state index contributed by atoms with van der Waals surface area (Å²) < 4.78 is 5.80. The average Bonchev–Trinajstić information content (AvgIpc) is 1.99. The first-order valence-electron chi connectivity index (χ1n) is 3.11. The lowest BCUT2D eigenvalue weighted by Crippen LogP contribution is -1.97. The fourth-order valence-corrected chi connectivity index (χ4v) is 1.13. The Balaban J connectivity index is 3.29. The van der Waals surface area contributed by atoms with Crippen molar-refractivity contribution in [2.75, 3.05) is 12.8 Å². The van der Waals surface area contributed by atoms with Crippen LogP contribution in [0.3, 0.4) is 0 Å². The number of methoxy groups -OCH3 is 1. The first-order valence-corrected chi connectivity index (χ1v) is 3.90. The van der Waals surface area contributed by atoms with Crippen molar-refractivity contribution in [1.29, 1.82) is 0 Å². The van der Waals surface area contributed by atoms with Crippen LogP contribution in [-0.2, 0) is 0 Å². The number of anilines is 1. The van der Waals surface area contributed by atoms with E-state index in [4.69, 9.17) is 10.5 Å². The van der Waals surface area contributed by atoms with Crippen LogP contribution in [0.25, 0.3) is 0 Å². The van der Waals surface area contributed by atoms with E-state index in [9.17, 15) is 0 Å². The number of pyridine rings is 1. The van der Waals surface area contributed by atoms with Gasteiger partial charge in [0.25, 0.3) is 0 Å². The molecule has 1 aromatic heterocycles. The number of ether oxygens (including phenoxy) is 1. The normalized spacial score (nSPS) is 9.73. The van der Waals surface area contributed by atoms with Gasteiger partial charge in [-0.05, 0) is 22.9 Å². The molecule has 0 unspecified atom stereocenters. The summed E-state index contributed by atoms with van der Waals surface area (Å²) in [6, 6.07) is 0. The molecular formula is C7H9BrN2O. The highest BCUT2D eigenvalue weighted by Crippen LogP contribution is 2.30. The Hall–Kier alpha value is -0.770. The fourth-order valence-electron chi connectivity index (χ4n) is 0.843. The van der Waals surface area contributed by atoms with Gasteiger partial charge in [-0.25, -0.2) is 0 Å². The molecule has 1 rings (SSSR count). The smallest absolute Gasteiger partial charge is 0.164 e. The van der Waals surface area contributed by atoms with Gasteiger partial charge in [0.05, 0.1) is 23.0 Å². The van der Waals surface area contributed by atoms with Gasteiger partial charge in [0, 0.05) is 6.20 Å². The van der Waals surface area contributed by atoms with E-state index in [-0.39, 0.29) is 0 Å². The van der Waals surface area contributed by atoms with Gasteiger partial charge >= 0.3 is 0 Å². The molecule has 0 aliphatic heterocycles. The van der Waals surface area contributed by atoms with Crippen LogP contribution >= 0.6 is 15.9 Å². The summed E-state index contributed by atoms with van der Waals surface area (Å²) in [5, 5.41) is 0. The lowest BCUT2D eigenvalue weighted by atomic mass is 10.3. The van der Waals surface area contributed by atoms with Crippen LogP contribution in [0.4, 0.5) is 5.69 Å². The predicted octanol–water partition coefficient (Wildman–Crippen LogP) is 1.74. The average molecular weight is 217 g/mol. The molecular weight excluding hydrogens is 208 g/mol. The van der Waals surface area contributed by atoms with Crippen LogP contribution in [-0.4, -0.2) is 12.1 Å². The van der Waals surface area contributed by atoms with Gasteiger partial charge in [-0.1, -0.05) is 0 Å². The van der Waals surface area contributed by atoms with E-state index in [1.165, 1.54) is 0 Å². The van der Waals surface area contributed by atoms with Crippen molar-refractivity contribution >= 4 is 21.6 Å². The van der Waals surface area contributed by atoms with E-state index in [1.807, 2.05) is 6.92 Å². The van der Waals surface area contributed by atoms with Crippen molar-refractivity contribution in [3.05, 3.63) is 16.4 Å². The molecule has 60 valence electrons. The third-order valence-corrected chi connectivity index (χ3v) is 2.04. The van der Waals surface area contributed by atoms with Gasteiger partial charge in [-0.15, -0.1) is 0 Å². The zero-order valence-corrected chi connectivity index (χ0v) is 7.97. The lowest BCUT2D eigenvalue weighted by molar-refractivity contribution is 0.411. The third kappa shape index (κ3) is 1.45. The first-order chi connectivity index (χ1) is 5.16. The number of aryl methyl sites for hydroxylation is 1.